The molecule has 0 saturated carbocycles. The monoisotopic (exact) mass is 244 g/mol. The molecule has 0 aromatic rings. The molecule has 1 rings (SSSR count). The van der Waals surface area contributed by atoms with E-state index in [1.54, 1.807) is 0 Å². The standard InChI is InChI=1S/C10H21BN2O4/c1-17-11(16)5-3-2-4-10(9(14)15)6-8(12)7-13-10/h8,13,16H,2-7,12H2,1H3,(H,14,15)/t8-,10-/m1/s1. The van der Waals surface area contributed by atoms with Gasteiger partial charge in [0, 0.05) is 19.7 Å². The number of aliphatic carboxylic acids is 1. The molecule has 0 unspecified atom stereocenters. The van der Waals surface area contributed by atoms with Crippen LogP contribution in [0.2, 0.25) is 6.32 Å². The van der Waals surface area contributed by atoms with E-state index in [2.05, 4.69) is 5.32 Å². The molecule has 1 saturated heterocycles. The summed E-state index contributed by atoms with van der Waals surface area (Å²) in [4.78, 5) is 11.3. The van der Waals surface area contributed by atoms with Crippen molar-refractivity contribution >= 4 is 13.1 Å². The normalized spacial score (nSPS) is 28.3. The van der Waals surface area contributed by atoms with Gasteiger partial charge in [0.2, 0.25) is 0 Å². The Hall–Kier alpha value is -0.625. The summed E-state index contributed by atoms with van der Waals surface area (Å²) in [5, 5.41) is 21.4. The molecule has 1 fully saturated rings. The molecule has 1 aliphatic rings. The Bertz CT molecular complexity index is 267. The number of hydrogen-bond acceptors (Lipinski definition) is 5. The summed E-state index contributed by atoms with van der Waals surface area (Å²) in [5.74, 6) is -0.835. The highest BCUT2D eigenvalue weighted by molar-refractivity contribution is 6.42. The van der Waals surface area contributed by atoms with Gasteiger partial charge in [0.25, 0.3) is 0 Å². The van der Waals surface area contributed by atoms with Crippen LogP contribution in [-0.2, 0) is 9.45 Å². The number of hydrogen-bond donors (Lipinski definition) is 4. The van der Waals surface area contributed by atoms with Gasteiger partial charge in [-0.15, -0.1) is 0 Å². The summed E-state index contributed by atoms with van der Waals surface area (Å²) in [6, 6.07) is -0.0873. The molecule has 2 atom stereocenters. The van der Waals surface area contributed by atoms with Gasteiger partial charge in [-0.05, 0) is 19.2 Å². The lowest BCUT2D eigenvalue weighted by Gasteiger charge is -2.24. The zero-order valence-electron chi connectivity index (χ0n) is 10.2. The van der Waals surface area contributed by atoms with Gasteiger partial charge in [-0.25, -0.2) is 0 Å². The maximum atomic E-state index is 11.3. The Morgan fingerprint density at radius 3 is 2.82 bits per heavy atom. The predicted molar refractivity (Wildman–Crippen MR) is 64.6 cm³/mol. The summed E-state index contributed by atoms with van der Waals surface area (Å²) < 4.78 is 4.72. The molecule has 98 valence electrons. The van der Waals surface area contributed by atoms with Crippen LogP contribution in [0.3, 0.4) is 0 Å². The SMILES string of the molecule is COB(O)CCCC[C@]1(C(=O)O)C[C@@H](N)CN1. The number of nitrogens with one attached hydrogen (secondary N) is 1. The van der Waals surface area contributed by atoms with Gasteiger partial charge in [0.15, 0.2) is 0 Å². The van der Waals surface area contributed by atoms with Gasteiger partial charge in [0.1, 0.15) is 5.54 Å². The van der Waals surface area contributed by atoms with E-state index in [0.717, 1.165) is 12.8 Å². The van der Waals surface area contributed by atoms with E-state index in [-0.39, 0.29) is 6.04 Å². The second-order valence-electron chi connectivity index (χ2n) is 4.67. The largest absolute Gasteiger partial charge is 0.480 e. The Kier molecular flexibility index (Phi) is 5.39. The third kappa shape index (κ3) is 3.95. The van der Waals surface area contributed by atoms with E-state index in [1.165, 1.54) is 7.11 Å². The number of unbranched alkanes of at least 4 members (excludes halogenated alkanes) is 1. The molecule has 1 aliphatic heterocycles. The molecular formula is C10H21BN2O4. The maximum Gasteiger partial charge on any atom is 0.453 e. The highest BCUT2D eigenvalue weighted by Crippen LogP contribution is 2.25. The van der Waals surface area contributed by atoms with Crippen LogP contribution in [0.15, 0.2) is 0 Å². The smallest absolute Gasteiger partial charge is 0.453 e. The quantitative estimate of drug-likeness (QED) is 0.353. The van der Waals surface area contributed by atoms with Gasteiger partial charge in [0.05, 0.1) is 0 Å². The first-order valence-corrected chi connectivity index (χ1v) is 5.95. The summed E-state index contributed by atoms with van der Waals surface area (Å²) in [7, 11) is 0.690. The van der Waals surface area contributed by atoms with Crippen LogP contribution >= 0.6 is 0 Å². The molecule has 1 heterocycles. The van der Waals surface area contributed by atoms with Crippen LogP contribution in [0.4, 0.5) is 0 Å². The number of nitrogens with two attached hydrogens (primary N) is 1. The molecule has 6 nitrogen and oxygen atoms in total. The zero-order valence-corrected chi connectivity index (χ0v) is 10.2. The second-order valence-corrected chi connectivity index (χ2v) is 4.67. The van der Waals surface area contributed by atoms with Crippen molar-refractivity contribution in [3.63, 3.8) is 0 Å². The molecule has 0 bridgehead atoms. The Morgan fingerprint density at radius 2 is 2.35 bits per heavy atom. The van der Waals surface area contributed by atoms with E-state index in [1.807, 2.05) is 0 Å². The van der Waals surface area contributed by atoms with Crippen molar-refractivity contribution in [3.8, 4) is 0 Å². The zero-order chi connectivity index (χ0) is 12.9. The van der Waals surface area contributed by atoms with Crippen molar-refractivity contribution in [1.82, 2.24) is 5.32 Å². The van der Waals surface area contributed by atoms with Crippen molar-refractivity contribution in [1.29, 1.82) is 0 Å². The molecular weight excluding hydrogens is 223 g/mol. The third-order valence-corrected chi connectivity index (χ3v) is 3.30. The Balaban J connectivity index is 2.34. The number of carboxylic acids is 1. The fourth-order valence-corrected chi connectivity index (χ4v) is 2.24. The molecule has 0 aliphatic carbocycles. The average Bonchev–Trinajstić information content (AvgIpc) is 2.67. The molecule has 0 aromatic carbocycles. The summed E-state index contributed by atoms with van der Waals surface area (Å²) in [5.41, 5.74) is 4.86. The van der Waals surface area contributed by atoms with Gasteiger partial charge < -0.3 is 25.8 Å². The van der Waals surface area contributed by atoms with Crippen LogP contribution in [0.5, 0.6) is 0 Å². The first-order chi connectivity index (χ1) is 8.00. The summed E-state index contributed by atoms with van der Waals surface area (Å²) in [6.07, 6.45) is 2.99. The van der Waals surface area contributed by atoms with Crippen molar-refractivity contribution in [2.45, 2.75) is 43.6 Å². The minimum Gasteiger partial charge on any atom is -0.480 e. The lowest BCUT2D eigenvalue weighted by Crippen LogP contribution is -2.47. The molecule has 0 spiro atoms. The van der Waals surface area contributed by atoms with Gasteiger partial charge >= 0.3 is 13.1 Å². The third-order valence-electron chi connectivity index (χ3n) is 3.30. The summed E-state index contributed by atoms with van der Waals surface area (Å²) in [6.45, 7) is 0.549. The number of carbonyl (C=O) groups is 1. The fourth-order valence-electron chi connectivity index (χ4n) is 2.24. The molecule has 0 radical (unpaired) electrons. The van der Waals surface area contributed by atoms with Crippen molar-refractivity contribution in [2.75, 3.05) is 13.7 Å². The van der Waals surface area contributed by atoms with Crippen LogP contribution in [0.1, 0.15) is 25.7 Å². The van der Waals surface area contributed by atoms with Crippen LogP contribution in [0, 0.1) is 0 Å². The molecule has 0 aromatic heterocycles. The van der Waals surface area contributed by atoms with Crippen molar-refractivity contribution in [3.05, 3.63) is 0 Å². The minimum atomic E-state index is -0.878. The maximum absolute atomic E-state index is 11.3. The highest BCUT2D eigenvalue weighted by Gasteiger charge is 2.43. The Morgan fingerprint density at radius 1 is 1.65 bits per heavy atom. The van der Waals surface area contributed by atoms with E-state index < -0.39 is 18.6 Å². The Labute approximate surface area is 102 Å². The van der Waals surface area contributed by atoms with Crippen molar-refractivity contribution < 1.29 is 19.6 Å². The summed E-state index contributed by atoms with van der Waals surface area (Å²) >= 11 is 0. The van der Waals surface area contributed by atoms with Crippen LogP contribution in [0.25, 0.3) is 0 Å². The molecule has 7 heteroatoms. The second kappa shape index (κ2) is 6.35. The lowest BCUT2D eigenvalue weighted by atomic mass is 9.81. The van der Waals surface area contributed by atoms with Crippen LogP contribution < -0.4 is 11.1 Å². The van der Waals surface area contributed by atoms with Gasteiger partial charge in [-0.3, -0.25) is 4.79 Å². The van der Waals surface area contributed by atoms with E-state index in [0.29, 0.717) is 25.7 Å². The van der Waals surface area contributed by atoms with E-state index >= 15 is 0 Å². The van der Waals surface area contributed by atoms with Crippen molar-refractivity contribution in [2.24, 2.45) is 5.73 Å². The number of rotatable bonds is 7. The average molecular weight is 244 g/mol. The lowest BCUT2D eigenvalue weighted by molar-refractivity contribution is -0.144. The topological polar surface area (TPSA) is 105 Å². The fraction of sp³-hybridized carbons (Fsp3) is 0.900. The van der Waals surface area contributed by atoms with Gasteiger partial charge in [-0.2, -0.15) is 0 Å². The first-order valence-electron chi connectivity index (χ1n) is 5.95. The molecule has 17 heavy (non-hydrogen) atoms. The minimum absolute atomic E-state index is 0.0873. The van der Waals surface area contributed by atoms with Gasteiger partial charge in [-0.1, -0.05) is 12.8 Å². The van der Waals surface area contributed by atoms with E-state index in [9.17, 15) is 14.9 Å². The molecule has 0 amide bonds. The predicted octanol–water partition coefficient (Wildman–Crippen LogP) is -0.572. The molecule has 5 N–H and O–H groups in total. The first kappa shape index (κ1) is 14.4. The number of carboxylic acid groups (broad SMARTS) is 1. The highest BCUT2D eigenvalue weighted by atomic mass is 16.5. The van der Waals surface area contributed by atoms with E-state index in [4.69, 9.17) is 10.4 Å². The van der Waals surface area contributed by atoms with Crippen LogP contribution in [-0.4, -0.2) is 48.5 Å².